The number of amides is 1. The minimum absolute atomic E-state index is 0.116. The van der Waals surface area contributed by atoms with Crippen LogP contribution in [0.1, 0.15) is 42.6 Å². The van der Waals surface area contributed by atoms with Gasteiger partial charge in [-0.25, -0.2) is 9.97 Å². The Balaban J connectivity index is 1.55. The smallest absolute Gasteiger partial charge is 0.279 e. The first-order chi connectivity index (χ1) is 20.8. The highest BCUT2D eigenvalue weighted by Crippen LogP contribution is 2.44. The van der Waals surface area contributed by atoms with Gasteiger partial charge >= 0.3 is 0 Å². The summed E-state index contributed by atoms with van der Waals surface area (Å²) in [6.07, 6.45) is 0.284. The van der Waals surface area contributed by atoms with Crippen molar-refractivity contribution < 1.29 is 14.6 Å². The zero-order valence-corrected chi connectivity index (χ0v) is 24.1. The molecule has 1 saturated heterocycles. The van der Waals surface area contributed by atoms with Crippen molar-refractivity contribution in [1.82, 2.24) is 24.4 Å². The Kier molecular flexibility index (Phi) is 7.43. The van der Waals surface area contributed by atoms with Crippen molar-refractivity contribution in [3.63, 3.8) is 0 Å². The normalized spacial score (nSPS) is 18.1. The van der Waals surface area contributed by atoms with Gasteiger partial charge in [0.1, 0.15) is 17.5 Å². The van der Waals surface area contributed by atoms with Crippen LogP contribution in [0.2, 0.25) is 0 Å². The number of carbonyl (C=O) groups excluding carboxylic acids is 1. The molecule has 43 heavy (non-hydrogen) atoms. The number of aliphatic hydroxyl groups is 1. The second-order valence-electron chi connectivity index (χ2n) is 11.3. The van der Waals surface area contributed by atoms with Crippen molar-refractivity contribution in [3.8, 4) is 0 Å². The third kappa shape index (κ3) is 4.83. The van der Waals surface area contributed by atoms with E-state index in [-0.39, 0.29) is 23.6 Å². The van der Waals surface area contributed by atoms with Crippen LogP contribution in [0.4, 0.5) is 0 Å². The second-order valence-corrected chi connectivity index (χ2v) is 11.3. The Morgan fingerprint density at radius 1 is 0.953 bits per heavy atom. The topological polar surface area (TPSA) is 139 Å². The number of nitrogens with one attached hydrogen (secondary N) is 1. The molecule has 0 saturated carbocycles. The molecule has 10 heteroatoms. The van der Waals surface area contributed by atoms with Crippen molar-refractivity contribution in [2.45, 2.75) is 37.1 Å². The Bertz CT molecular complexity index is 1690. The van der Waals surface area contributed by atoms with E-state index >= 15 is 0 Å². The number of H-pyrrole nitrogens is 1. The molecule has 5 aromatic rings. The highest BCUT2D eigenvalue weighted by atomic mass is 16.5. The molecule has 10 nitrogen and oxygen atoms in total. The number of imidazole rings is 1. The van der Waals surface area contributed by atoms with Crippen LogP contribution in [0.5, 0.6) is 0 Å². The Morgan fingerprint density at radius 3 is 1.98 bits per heavy atom. The van der Waals surface area contributed by atoms with Gasteiger partial charge in [0.15, 0.2) is 11.2 Å². The van der Waals surface area contributed by atoms with Gasteiger partial charge < -0.3 is 20.6 Å². The molecule has 0 bridgehead atoms. The highest BCUT2D eigenvalue weighted by molar-refractivity contribution is 5.85. The molecule has 3 heterocycles. The number of morpholine rings is 1. The maximum atomic E-state index is 13.0. The molecule has 0 radical (unpaired) electrons. The number of hydrogen-bond donors (Lipinski definition) is 3. The highest BCUT2D eigenvalue weighted by Gasteiger charge is 2.46. The number of aromatic nitrogens is 4. The van der Waals surface area contributed by atoms with Crippen LogP contribution in [0.25, 0.3) is 11.2 Å². The minimum atomic E-state index is -1.22. The van der Waals surface area contributed by atoms with Gasteiger partial charge in [-0.2, -0.15) is 0 Å². The summed E-state index contributed by atoms with van der Waals surface area (Å²) in [5, 5.41) is 10.5. The molecule has 0 aliphatic carbocycles. The van der Waals surface area contributed by atoms with Crippen LogP contribution in [-0.2, 0) is 20.5 Å². The predicted octanol–water partition coefficient (Wildman–Crippen LogP) is 3.07. The first-order valence-electron chi connectivity index (χ1n) is 14.2. The lowest BCUT2D eigenvalue weighted by atomic mass is 9.75. The average Bonchev–Trinajstić information content (AvgIpc) is 3.48. The van der Waals surface area contributed by atoms with Gasteiger partial charge in [0.25, 0.3) is 5.56 Å². The van der Waals surface area contributed by atoms with Gasteiger partial charge in [0.05, 0.1) is 24.6 Å². The molecule has 6 rings (SSSR count). The van der Waals surface area contributed by atoms with E-state index in [0.29, 0.717) is 13.1 Å². The van der Waals surface area contributed by atoms with Gasteiger partial charge in [0, 0.05) is 13.1 Å². The number of aliphatic hydroxyl groups excluding tert-OH is 1. The Hall–Kier alpha value is -4.64. The summed E-state index contributed by atoms with van der Waals surface area (Å²) in [4.78, 5) is 39.3. The number of carbonyl (C=O) groups is 1. The Labute approximate surface area is 248 Å². The summed E-state index contributed by atoms with van der Waals surface area (Å²) in [6, 6.07) is 30.8. The summed E-state index contributed by atoms with van der Waals surface area (Å²) in [6.45, 7) is 3.78. The largest absolute Gasteiger partial charge is 0.394 e. The van der Waals surface area contributed by atoms with Gasteiger partial charge in [0.2, 0.25) is 5.91 Å². The Morgan fingerprint density at radius 2 is 1.49 bits per heavy atom. The zero-order chi connectivity index (χ0) is 30.2. The van der Waals surface area contributed by atoms with Crippen molar-refractivity contribution in [2.24, 2.45) is 5.73 Å². The fraction of sp³-hybridized carbons (Fsp3) is 0.273. The standard InChI is InChI=1S/C33H34N6O4/c1-32(2,30(34)42)31-36-28-27(29(41)37-31)35-21-39(28)26-19-38(18-25(20-40)43-26)33(22-12-6-3-7-13-22,23-14-8-4-9-15-23)24-16-10-5-11-17-24/h3-17,21,25-26,40H,18-20H2,1-2H3,(H2,34,42)(H,36,37,41)/t25-,26+/m0/s1. The van der Waals surface area contributed by atoms with Crippen LogP contribution in [0, 0.1) is 0 Å². The molecule has 0 spiro atoms. The lowest BCUT2D eigenvalue weighted by molar-refractivity contribution is -0.148. The van der Waals surface area contributed by atoms with Crippen LogP contribution >= 0.6 is 0 Å². The molecule has 0 unspecified atom stereocenters. The third-order valence-electron chi connectivity index (χ3n) is 8.35. The van der Waals surface area contributed by atoms with Gasteiger partial charge in [-0.05, 0) is 30.5 Å². The van der Waals surface area contributed by atoms with E-state index < -0.39 is 34.8 Å². The lowest BCUT2D eigenvalue weighted by Crippen LogP contribution is -2.57. The van der Waals surface area contributed by atoms with E-state index in [4.69, 9.17) is 10.5 Å². The summed E-state index contributed by atoms with van der Waals surface area (Å²) in [5.41, 5.74) is 6.73. The van der Waals surface area contributed by atoms with Crippen LogP contribution in [0.15, 0.2) is 102 Å². The fourth-order valence-electron chi connectivity index (χ4n) is 5.98. The molecule has 4 N–H and O–H groups in total. The van der Waals surface area contributed by atoms with Gasteiger partial charge in [-0.1, -0.05) is 91.0 Å². The lowest BCUT2D eigenvalue weighted by Gasteiger charge is -2.50. The molecule has 220 valence electrons. The van der Waals surface area contributed by atoms with E-state index in [1.807, 2.05) is 54.6 Å². The molecule has 1 aliphatic heterocycles. The molecule has 2 aromatic heterocycles. The van der Waals surface area contributed by atoms with Crippen molar-refractivity contribution in [2.75, 3.05) is 19.7 Å². The van der Waals surface area contributed by atoms with E-state index in [1.165, 1.54) is 6.33 Å². The zero-order valence-electron chi connectivity index (χ0n) is 24.1. The quantitative estimate of drug-likeness (QED) is 0.241. The van der Waals surface area contributed by atoms with Crippen molar-refractivity contribution in [1.29, 1.82) is 0 Å². The number of primary amides is 1. The van der Waals surface area contributed by atoms with Crippen LogP contribution < -0.4 is 11.3 Å². The summed E-state index contributed by atoms with van der Waals surface area (Å²) in [7, 11) is 0. The first-order valence-corrected chi connectivity index (χ1v) is 14.2. The summed E-state index contributed by atoms with van der Waals surface area (Å²) >= 11 is 0. The number of hydrogen-bond acceptors (Lipinski definition) is 7. The number of aromatic amines is 1. The van der Waals surface area contributed by atoms with E-state index in [0.717, 1.165) is 16.7 Å². The molecule has 2 atom stereocenters. The maximum absolute atomic E-state index is 13.0. The predicted molar refractivity (Wildman–Crippen MR) is 162 cm³/mol. The first kappa shape index (κ1) is 28.5. The van der Waals surface area contributed by atoms with Gasteiger partial charge in [-0.3, -0.25) is 19.1 Å². The summed E-state index contributed by atoms with van der Waals surface area (Å²) in [5.74, 6) is -0.488. The van der Waals surface area contributed by atoms with Crippen molar-refractivity contribution >= 4 is 17.1 Å². The number of ether oxygens (including phenoxy) is 1. The fourth-order valence-corrected chi connectivity index (χ4v) is 5.98. The minimum Gasteiger partial charge on any atom is -0.394 e. The SMILES string of the molecule is CC(C)(C(N)=O)c1nc2c(ncn2[C@H]2CN(C(c3ccccc3)(c3ccccc3)c3ccccc3)C[C@@H](CO)O2)c(=O)[nH]1. The number of benzene rings is 3. The second kappa shape index (κ2) is 11.2. The molecule has 3 aromatic carbocycles. The number of nitrogens with zero attached hydrogens (tertiary/aromatic N) is 4. The average molecular weight is 579 g/mol. The molecular formula is C33H34N6O4. The maximum Gasteiger partial charge on any atom is 0.279 e. The van der Waals surface area contributed by atoms with E-state index in [9.17, 15) is 14.7 Å². The monoisotopic (exact) mass is 578 g/mol. The summed E-state index contributed by atoms with van der Waals surface area (Å²) < 4.78 is 8.12. The van der Waals surface area contributed by atoms with Crippen LogP contribution in [-0.4, -0.2) is 61.2 Å². The third-order valence-corrected chi connectivity index (χ3v) is 8.35. The molecule has 1 fully saturated rings. The van der Waals surface area contributed by atoms with E-state index in [2.05, 4.69) is 56.3 Å². The molecule has 1 amide bonds. The van der Waals surface area contributed by atoms with Crippen LogP contribution in [0.3, 0.4) is 0 Å². The molecular weight excluding hydrogens is 544 g/mol. The van der Waals surface area contributed by atoms with Crippen molar-refractivity contribution in [3.05, 3.63) is 130 Å². The van der Waals surface area contributed by atoms with E-state index in [1.54, 1.807) is 18.4 Å². The van der Waals surface area contributed by atoms with Gasteiger partial charge in [-0.15, -0.1) is 0 Å². The molecule has 1 aliphatic rings. The number of nitrogens with two attached hydrogens (primary N) is 1. The number of fused-ring (bicyclic) bond motifs is 1. The number of rotatable bonds is 8.